The van der Waals surface area contributed by atoms with Crippen LogP contribution in [0.1, 0.15) is 39.0 Å². The van der Waals surface area contributed by atoms with Crippen LogP contribution in [-0.2, 0) is 0 Å². The molecular weight excluding hydrogens is 236 g/mol. The smallest absolute Gasteiger partial charge is 0.127 e. The minimum absolute atomic E-state index is 0.530. The van der Waals surface area contributed by atoms with Gasteiger partial charge in [0.1, 0.15) is 5.82 Å². The van der Waals surface area contributed by atoms with E-state index in [0.29, 0.717) is 17.6 Å². The zero-order valence-electron chi connectivity index (χ0n) is 12.6. The first-order chi connectivity index (χ1) is 8.93. The fourth-order valence-corrected chi connectivity index (χ4v) is 2.25. The van der Waals surface area contributed by atoms with Gasteiger partial charge in [-0.25, -0.2) is 4.98 Å². The Hall–Kier alpha value is -1.60. The van der Waals surface area contributed by atoms with E-state index in [2.05, 4.69) is 49.0 Å². The average molecular weight is 260 g/mol. The molecule has 1 heterocycles. The summed E-state index contributed by atoms with van der Waals surface area (Å²) in [6, 6.07) is 6.80. The van der Waals surface area contributed by atoms with Crippen LogP contribution < -0.4 is 5.32 Å². The van der Waals surface area contributed by atoms with Gasteiger partial charge in [0, 0.05) is 30.9 Å². The summed E-state index contributed by atoms with van der Waals surface area (Å²) in [6.07, 6.45) is 0. The number of hydrogen-bond donors (Lipinski definition) is 1. The number of rotatable bonds is 6. The highest BCUT2D eigenvalue weighted by Crippen LogP contribution is 2.09. The highest BCUT2D eigenvalue weighted by Gasteiger charge is 2.12. The van der Waals surface area contributed by atoms with E-state index in [1.165, 1.54) is 0 Å². The van der Waals surface area contributed by atoms with Crippen LogP contribution in [-0.4, -0.2) is 35.1 Å². The predicted molar refractivity (Wildman–Crippen MR) is 79.2 cm³/mol. The highest BCUT2D eigenvalue weighted by molar-refractivity contribution is 5.44. The molecule has 0 saturated heterocycles. The van der Waals surface area contributed by atoms with E-state index in [9.17, 15) is 0 Å². The molecule has 0 aliphatic carbocycles. The molecule has 1 aromatic rings. The van der Waals surface area contributed by atoms with Gasteiger partial charge >= 0.3 is 0 Å². The number of aryl methyl sites for hydroxylation is 1. The quantitative estimate of drug-likeness (QED) is 0.854. The summed E-state index contributed by atoms with van der Waals surface area (Å²) in [5.41, 5.74) is 1.52. The van der Waals surface area contributed by atoms with Gasteiger partial charge in [0.15, 0.2) is 0 Å². The third-order valence-electron chi connectivity index (χ3n) is 3.09. The summed E-state index contributed by atoms with van der Waals surface area (Å²) < 4.78 is 0. The number of nitrogens with one attached hydrogen (secondary N) is 1. The molecule has 1 N–H and O–H groups in total. The van der Waals surface area contributed by atoms with E-state index >= 15 is 0 Å². The molecule has 0 saturated carbocycles. The number of nitriles is 1. The molecule has 0 aromatic carbocycles. The highest BCUT2D eigenvalue weighted by atomic mass is 15.2. The lowest BCUT2D eigenvalue weighted by Crippen LogP contribution is -2.40. The number of hydrogen-bond acceptors (Lipinski definition) is 4. The first-order valence-electron chi connectivity index (χ1n) is 6.82. The fourth-order valence-electron chi connectivity index (χ4n) is 2.25. The Balaban J connectivity index is 2.58. The maximum absolute atomic E-state index is 8.93. The molecule has 4 nitrogen and oxygen atoms in total. The molecular formula is C15H24N4. The minimum Gasteiger partial charge on any atom is -0.369 e. The van der Waals surface area contributed by atoms with Crippen molar-refractivity contribution in [2.45, 2.75) is 46.7 Å². The van der Waals surface area contributed by atoms with E-state index in [1.807, 2.05) is 6.92 Å². The molecule has 0 unspecified atom stereocenters. The van der Waals surface area contributed by atoms with Crippen molar-refractivity contribution in [3.8, 4) is 6.07 Å². The molecule has 19 heavy (non-hydrogen) atoms. The van der Waals surface area contributed by atoms with Gasteiger partial charge in [-0.3, -0.25) is 4.90 Å². The van der Waals surface area contributed by atoms with Gasteiger partial charge in [-0.1, -0.05) is 0 Å². The molecule has 0 bridgehead atoms. The second kappa shape index (κ2) is 7.10. The molecule has 0 fully saturated rings. The van der Waals surface area contributed by atoms with Crippen LogP contribution in [0.3, 0.4) is 0 Å². The van der Waals surface area contributed by atoms with Gasteiger partial charge in [0.05, 0.1) is 11.6 Å². The predicted octanol–water partition coefficient (Wildman–Crippen LogP) is 2.79. The number of aromatic nitrogens is 1. The standard InChI is InChI=1S/C15H24N4/c1-11(2)19(12(3)4)7-6-17-15-9-14(10-16)8-13(5)18-15/h8-9,11-12H,6-7H2,1-5H3,(H,17,18). The van der Waals surface area contributed by atoms with Crippen molar-refractivity contribution in [1.29, 1.82) is 5.26 Å². The molecule has 104 valence electrons. The lowest BCUT2D eigenvalue weighted by Gasteiger charge is -2.30. The Labute approximate surface area is 116 Å². The Bertz CT molecular complexity index is 438. The van der Waals surface area contributed by atoms with Crippen molar-refractivity contribution in [3.05, 3.63) is 23.4 Å². The summed E-state index contributed by atoms with van der Waals surface area (Å²) in [7, 11) is 0. The SMILES string of the molecule is Cc1cc(C#N)cc(NCCN(C(C)C)C(C)C)n1. The van der Waals surface area contributed by atoms with E-state index in [1.54, 1.807) is 12.1 Å². The van der Waals surface area contributed by atoms with Crippen LogP contribution in [0.4, 0.5) is 5.82 Å². The van der Waals surface area contributed by atoms with E-state index in [0.717, 1.165) is 24.6 Å². The Morgan fingerprint density at radius 2 is 1.89 bits per heavy atom. The minimum atomic E-state index is 0.530. The first kappa shape index (κ1) is 15.5. The molecule has 0 spiro atoms. The molecule has 0 atom stereocenters. The molecule has 0 amide bonds. The molecule has 4 heteroatoms. The zero-order valence-corrected chi connectivity index (χ0v) is 12.6. The fraction of sp³-hybridized carbons (Fsp3) is 0.600. The monoisotopic (exact) mass is 260 g/mol. The van der Waals surface area contributed by atoms with Crippen LogP contribution in [0.2, 0.25) is 0 Å². The van der Waals surface area contributed by atoms with E-state index in [4.69, 9.17) is 5.26 Å². The van der Waals surface area contributed by atoms with Crippen molar-refractivity contribution in [2.24, 2.45) is 0 Å². The largest absolute Gasteiger partial charge is 0.369 e. The maximum Gasteiger partial charge on any atom is 0.127 e. The molecule has 0 aliphatic rings. The topological polar surface area (TPSA) is 52.0 Å². The average Bonchev–Trinajstić information content (AvgIpc) is 2.32. The van der Waals surface area contributed by atoms with Crippen molar-refractivity contribution in [2.75, 3.05) is 18.4 Å². The Kier molecular flexibility index (Phi) is 5.78. The van der Waals surface area contributed by atoms with Gasteiger partial charge < -0.3 is 5.32 Å². The summed E-state index contributed by atoms with van der Waals surface area (Å²) in [5, 5.41) is 12.2. The van der Waals surface area contributed by atoms with Crippen LogP contribution in [0.25, 0.3) is 0 Å². The second-order valence-electron chi connectivity index (χ2n) is 5.35. The summed E-state index contributed by atoms with van der Waals surface area (Å²) in [5.74, 6) is 0.781. The van der Waals surface area contributed by atoms with Gasteiger partial charge in [0.2, 0.25) is 0 Å². The summed E-state index contributed by atoms with van der Waals surface area (Å²) in [4.78, 5) is 6.81. The van der Waals surface area contributed by atoms with E-state index in [-0.39, 0.29) is 0 Å². The normalized spacial score (nSPS) is 11.1. The summed E-state index contributed by atoms with van der Waals surface area (Å²) >= 11 is 0. The van der Waals surface area contributed by atoms with Crippen LogP contribution in [0.5, 0.6) is 0 Å². The number of anilines is 1. The molecule has 1 rings (SSSR count). The maximum atomic E-state index is 8.93. The van der Waals surface area contributed by atoms with Gasteiger partial charge in [-0.15, -0.1) is 0 Å². The van der Waals surface area contributed by atoms with Gasteiger partial charge in [-0.2, -0.15) is 5.26 Å². The second-order valence-corrected chi connectivity index (χ2v) is 5.35. The lowest BCUT2D eigenvalue weighted by atomic mass is 10.2. The van der Waals surface area contributed by atoms with Crippen molar-refractivity contribution >= 4 is 5.82 Å². The van der Waals surface area contributed by atoms with Crippen molar-refractivity contribution < 1.29 is 0 Å². The molecule has 1 aromatic heterocycles. The molecule has 0 aliphatic heterocycles. The van der Waals surface area contributed by atoms with Crippen molar-refractivity contribution in [1.82, 2.24) is 9.88 Å². The number of pyridine rings is 1. The van der Waals surface area contributed by atoms with Gasteiger partial charge in [-0.05, 0) is 46.8 Å². The first-order valence-corrected chi connectivity index (χ1v) is 6.82. The van der Waals surface area contributed by atoms with Crippen LogP contribution >= 0.6 is 0 Å². The third kappa shape index (κ3) is 4.88. The zero-order chi connectivity index (χ0) is 14.4. The van der Waals surface area contributed by atoms with Gasteiger partial charge in [0.25, 0.3) is 0 Å². The Morgan fingerprint density at radius 3 is 2.42 bits per heavy atom. The van der Waals surface area contributed by atoms with E-state index < -0.39 is 0 Å². The van der Waals surface area contributed by atoms with Crippen molar-refractivity contribution in [3.63, 3.8) is 0 Å². The third-order valence-corrected chi connectivity index (χ3v) is 3.09. The lowest BCUT2D eigenvalue weighted by molar-refractivity contribution is 0.182. The van der Waals surface area contributed by atoms with Crippen LogP contribution in [0.15, 0.2) is 12.1 Å². The Morgan fingerprint density at radius 1 is 1.26 bits per heavy atom. The summed E-state index contributed by atoms with van der Waals surface area (Å²) in [6.45, 7) is 12.5. The number of nitrogens with zero attached hydrogens (tertiary/aromatic N) is 3. The molecule has 0 radical (unpaired) electrons. The van der Waals surface area contributed by atoms with Crippen LogP contribution in [0, 0.1) is 18.3 Å².